The van der Waals surface area contributed by atoms with Crippen LogP contribution in [-0.2, 0) is 21.1 Å². The molecule has 2 aromatic rings. The van der Waals surface area contributed by atoms with Crippen molar-refractivity contribution in [1.82, 2.24) is 0 Å². The number of carbonyl (C=O) groups excluding carboxylic acids is 1. The van der Waals surface area contributed by atoms with Crippen LogP contribution in [0.5, 0.6) is 0 Å². The van der Waals surface area contributed by atoms with Crippen molar-refractivity contribution < 1.29 is 17.6 Å². The van der Waals surface area contributed by atoms with Crippen molar-refractivity contribution in [3.05, 3.63) is 66.0 Å². The van der Waals surface area contributed by atoms with E-state index < -0.39 is 32.1 Å². The Labute approximate surface area is 117 Å². The third-order valence-electron chi connectivity index (χ3n) is 2.77. The normalized spacial score (nSPS) is 11.2. The minimum atomic E-state index is -3.93. The van der Waals surface area contributed by atoms with Gasteiger partial charge in [-0.05, 0) is 17.7 Å². The molecule has 0 saturated heterocycles. The van der Waals surface area contributed by atoms with Gasteiger partial charge in [-0.2, -0.15) is 0 Å². The van der Waals surface area contributed by atoms with Gasteiger partial charge in [0.2, 0.25) is 0 Å². The number of ketones is 1. The lowest BCUT2D eigenvalue weighted by Gasteiger charge is -2.05. The number of rotatable bonds is 5. The van der Waals surface area contributed by atoms with Crippen LogP contribution in [-0.4, -0.2) is 20.0 Å². The Kier molecular flexibility index (Phi) is 4.29. The molecule has 0 unspecified atom stereocenters. The Bertz CT molecular complexity index is 709. The fourth-order valence-corrected chi connectivity index (χ4v) is 3.19. The molecule has 5 heteroatoms. The molecule has 0 spiro atoms. The van der Waals surface area contributed by atoms with E-state index in [1.165, 1.54) is 18.2 Å². The van der Waals surface area contributed by atoms with Crippen molar-refractivity contribution >= 4 is 15.6 Å². The lowest BCUT2D eigenvalue weighted by molar-refractivity contribution is -0.116. The summed E-state index contributed by atoms with van der Waals surface area (Å²) >= 11 is 0. The molecule has 0 N–H and O–H groups in total. The third kappa shape index (κ3) is 3.51. The first-order valence-electron chi connectivity index (χ1n) is 6.02. The van der Waals surface area contributed by atoms with Gasteiger partial charge in [0.1, 0.15) is 16.5 Å². The van der Waals surface area contributed by atoms with E-state index in [2.05, 4.69) is 0 Å². The second kappa shape index (κ2) is 5.96. The summed E-state index contributed by atoms with van der Waals surface area (Å²) in [5.74, 6) is -1.98. The van der Waals surface area contributed by atoms with Gasteiger partial charge < -0.3 is 0 Å². The summed E-state index contributed by atoms with van der Waals surface area (Å²) in [7, 11) is -3.93. The summed E-state index contributed by atoms with van der Waals surface area (Å²) in [6.07, 6.45) is 0.0223. The smallest absolute Gasteiger partial charge is 0.188 e. The topological polar surface area (TPSA) is 51.2 Å². The van der Waals surface area contributed by atoms with Crippen LogP contribution in [0.1, 0.15) is 5.56 Å². The zero-order valence-electron chi connectivity index (χ0n) is 10.6. The van der Waals surface area contributed by atoms with Gasteiger partial charge in [0.25, 0.3) is 0 Å². The maximum Gasteiger partial charge on any atom is 0.188 e. The highest BCUT2D eigenvalue weighted by molar-refractivity contribution is 7.92. The molecular weight excluding hydrogens is 279 g/mol. The fourth-order valence-electron chi connectivity index (χ4n) is 1.86. The van der Waals surface area contributed by atoms with Crippen molar-refractivity contribution in [2.75, 3.05) is 5.75 Å². The highest BCUT2D eigenvalue weighted by atomic mass is 32.2. The zero-order chi connectivity index (χ0) is 14.6. The largest absolute Gasteiger partial charge is 0.298 e. The molecule has 0 fully saturated rings. The number of hydrogen-bond acceptors (Lipinski definition) is 3. The van der Waals surface area contributed by atoms with E-state index in [-0.39, 0.29) is 6.42 Å². The van der Waals surface area contributed by atoms with Gasteiger partial charge in [0.15, 0.2) is 15.6 Å². The number of hydrogen-bond donors (Lipinski definition) is 0. The minimum Gasteiger partial charge on any atom is -0.298 e. The average Bonchev–Trinajstić information content (AvgIpc) is 2.39. The molecule has 0 bridgehead atoms. The summed E-state index contributed by atoms with van der Waals surface area (Å²) in [5.41, 5.74) is 0.737. The first kappa shape index (κ1) is 14.4. The maximum atomic E-state index is 13.5. The predicted molar refractivity (Wildman–Crippen MR) is 73.6 cm³/mol. The van der Waals surface area contributed by atoms with Crippen LogP contribution in [0, 0.1) is 5.82 Å². The summed E-state index contributed by atoms with van der Waals surface area (Å²) in [6.45, 7) is 0. The summed E-state index contributed by atoms with van der Waals surface area (Å²) < 4.78 is 37.5. The van der Waals surface area contributed by atoms with Gasteiger partial charge in [-0.3, -0.25) is 4.79 Å². The van der Waals surface area contributed by atoms with Crippen molar-refractivity contribution in [2.24, 2.45) is 0 Å². The van der Waals surface area contributed by atoms with Gasteiger partial charge in [-0.25, -0.2) is 12.8 Å². The molecule has 0 aliphatic carbocycles. The lowest BCUT2D eigenvalue weighted by atomic mass is 10.1. The molecule has 0 radical (unpaired) electrons. The molecule has 3 nitrogen and oxygen atoms in total. The Balaban J connectivity index is 2.13. The zero-order valence-corrected chi connectivity index (χ0v) is 11.4. The third-order valence-corrected chi connectivity index (χ3v) is 4.47. The number of benzene rings is 2. The van der Waals surface area contributed by atoms with Crippen LogP contribution in [0.3, 0.4) is 0 Å². The van der Waals surface area contributed by atoms with E-state index in [1.54, 1.807) is 24.3 Å². The highest BCUT2D eigenvalue weighted by Crippen LogP contribution is 2.16. The van der Waals surface area contributed by atoms with Crippen LogP contribution in [0.2, 0.25) is 0 Å². The van der Waals surface area contributed by atoms with Gasteiger partial charge in [-0.15, -0.1) is 0 Å². The van der Waals surface area contributed by atoms with Crippen LogP contribution in [0.15, 0.2) is 59.5 Å². The molecule has 0 aliphatic heterocycles. The van der Waals surface area contributed by atoms with E-state index in [1.807, 2.05) is 6.07 Å². The van der Waals surface area contributed by atoms with E-state index >= 15 is 0 Å². The molecule has 20 heavy (non-hydrogen) atoms. The molecule has 0 amide bonds. The van der Waals surface area contributed by atoms with Crippen molar-refractivity contribution in [2.45, 2.75) is 11.3 Å². The average molecular weight is 292 g/mol. The number of sulfone groups is 1. The van der Waals surface area contributed by atoms with E-state index in [0.29, 0.717) is 0 Å². The van der Waals surface area contributed by atoms with Crippen molar-refractivity contribution in [3.8, 4) is 0 Å². The molecule has 0 atom stereocenters. The quantitative estimate of drug-likeness (QED) is 0.850. The SMILES string of the molecule is O=C(Cc1ccccc1)CS(=O)(=O)c1ccccc1F. The molecule has 2 aromatic carbocycles. The van der Waals surface area contributed by atoms with Crippen LogP contribution in [0.4, 0.5) is 4.39 Å². The predicted octanol–water partition coefficient (Wildman–Crippen LogP) is 2.41. The van der Waals surface area contributed by atoms with E-state index in [0.717, 1.165) is 11.6 Å². The Morgan fingerprint density at radius 2 is 1.55 bits per heavy atom. The standard InChI is InChI=1S/C15H13FO3S/c16-14-8-4-5-9-15(14)20(18,19)11-13(17)10-12-6-2-1-3-7-12/h1-9H,10-11H2. The monoisotopic (exact) mass is 292 g/mol. The van der Waals surface area contributed by atoms with Gasteiger partial charge >= 0.3 is 0 Å². The van der Waals surface area contributed by atoms with Crippen molar-refractivity contribution in [1.29, 1.82) is 0 Å². The Morgan fingerprint density at radius 1 is 0.950 bits per heavy atom. The van der Waals surface area contributed by atoms with Crippen LogP contribution >= 0.6 is 0 Å². The van der Waals surface area contributed by atoms with E-state index in [9.17, 15) is 17.6 Å². The molecule has 0 saturated carbocycles. The first-order valence-corrected chi connectivity index (χ1v) is 7.67. The van der Waals surface area contributed by atoms with Gasteiger partial charge in [0.05, 0.1) is 0 Å². The molecule has 0 aliphatic rings. The maximum absolute atomic E-state index is 13.5. The van der Waals surface area contributed by atoms with E-state index in [4.69, 9.17) is 0 Å². The lowest BCUT2D eigenvalue weighted by Crippen LogP contribution is -2.19. The van der Waals surface area contributed by atoms with Gasteiger partial charge in [-0.1, -0.05) is 42.5 Å². The van der Waals surface area contributed by atoms with Crippen LogP contribution < -0.4 is 0 Å². The number of carbonyl (C=O) groups is 1. The molecule has 104 valence electrons. The summed E-state index contributed by atoms with van der Waals surface area (Å²) in [5, 5.41) is 0. The van der Waals surface area contributed by atoms with Crippen LogP contribution in [0.25, 0.3) is 0 Å². The number of halogens is 1. The highest BCUT2D eigenvalue weighted by Gasteiger charge is 2.22. The van der Waals surface area contributed by atoms with Crippen molar-refractivity contribution in [3.63, 3.8) is 0 Å². The first-order chi connectivity index (χ1) is 9.49. The molecule has 2 rings (SSSR count). The molecular formula is C15H13FO3S. The minimum absolute atomic E-state index is 0.0223. The second-order valence-corrected chi connectivity index (χ2v) is 6.35. The Morgan fingerprint density at radius 3 is 2.20 bits per heavy atom. The fraction of sp³-hybridized carbons (Fsp3) is 0.133. The van der Waals surface area contributed by atoms with Gasteiger partial charge in [0, 0.05) is 6.42 Å². The second-order valence-electron chi connectivity index (χ2n) is 4.39. The number of Topliss-reactive ketones (excluding diaryl/α,β-unsaturated/α-hetero) is 1. The summed E-state index contributed by atoms with van der Waals surface area (Å²) in [6, 6.07) is 13.9. The molecule has 0 aromatic heterocycles. The molecule has 0 heterocycles. The Hall–Kier alpha value is -2.01. The summed E-state index contributed by atoms with van der Waals surface area (Å²) in [4.78, 5) is 11.4.